The molecule has 0 bridgehead atoms. The maximum atomic E-state index is 13.6. The minimum atomic E-state index is -4.19. The second-order valence-electron chi connectivity index (χ2n) is 6.14. The van der Waals surface area contributed by atoms with Crippen molar-refractivity contribution in [2.24, 2.45) is 14.1 Å². The van der Waals surface area contributed by atoms with Gasteiger partial charge in [-0.1, -0.05) is 12.1 Å². The smallest absolute Gasteiger partial charge is 0.313 e. The second-order valence-corrected chi connectivity index (χ2v) is 8.00. The average Bonchev–Trinajstić information content (AvgIpc) is 2.63. The Hall–Kier alpha value is -2.30. The van der Waals surface area contributed by atoms with Crippen LogP contribution in [-0.4, -0.2) is 41.5 Å². The summed E-state index contributed by atoms with van der Waals surface area (Å²) in [5, 5.41) is 3.09. The lowest BCUT2D eigenvalue weighted by Gasteiger charge is -2.35. The fourth-order valence-electron chi connectivity index (χ4n) is 3.05. The molecule has 1 N–H and O–H groups in total. The average molecular weight is 382 g/mol. The normalized spacial score (nSPS) is 18.8. The van der Waals surface area contributed by atoms with Crippen LogP contribution in [0.4, 0.5) is 4.39 Å². The molecule has 0 amide bonds. The van der Waals surface area contributed by atoms with E-state index in [1.807, 2.05) is 0 Å². The van der Waals surface area contributed by atoms with Crippen molar-refractivity contribution in [2.75, 3.05) is 19.6 Å². The van der Waals surface area contributed by atoms with E-state index < -0.39 is 38.0 Å². The molecule has 140 valence electrons. The maximum Gasteiger partial charge on any atom is 0.330 e. The molecular formula is C16H19FN4O4S. The lowest BCUT2D eigenvalue weighted by atomic mass is 10.1. The Morgan fingerprint density at radius 3 is 2.65 bits per heavy atom. The van der Waals surface area contributed by atoms with Gasteiger partial charge in [0.25, 0.3) is 15.6 Å². The fraction of sp³-hybridized carbons (Fsp3) is 0.375. The summed E-state index contributed by atoms with van der Waals surface area (Å²) in [6.07, 6.45) is 1.03. The Kier molecular flexibility index (Phi) is 4.82. The summed E-state index contributed by atoms with van der Waals surface area (Å²) in [6.45, 7) is 0.807. The van der Waals surface area contributed by atoms with Gasteiger partial charge in [-0.15, -0.1) is 0 Å². The number of sulfonamides is 1. The molecule has 1 aliphatic heterocycles. The van der Waals surface area contributed by atoms with Crippen LogP contribution in [0.5, 0.6) is 0 Å². The van der Waals surface area contributed by atoms with Gasteiger partial charge in [-0.2, -0.15) is 4.31 Å². The first-order valence-corrected chi connectivity index (χ1v) is 9.42. The second kappa shape index (κ2) is 6.78. The Bertz CT molecular complexity index is 1060. The molecule has 0 radical (unpaired) electrons. The van der Waals surface area contributed by atoms with Crippen LogP contribution in [0.15, 0.2) is 44.9 Å². The number of aryl methyl sites for hydroxylation is 1. The van der Waals surface area contributed by atoms with Crippen molar-refractivity contribution in [1.29, 1.82) is 0 Å². The quantitative estimate of drug-likeness (QED) is 0.777. The minimum absolute atomic E-state index is 0.121. The molecule has 1 atom stereocenters. The van der Waals surface area contributed by atoms with E-state index in [2.05, 4.69) is 5.32 Å². The van der Waals surface area contributed by atoms with Crippen LogP contribution in [0.3, 0.4) is 0 Å². The highest BCUT2D eigenvalue weighted by atomic mass is 32.2. The minimum Gasteiger partial charge on any atom is -0.313 e. The summed E-state index contributed by atoms with van der Waals surface area (Å²) in [5.74, 6) is -0.469. The monoisotopic (exact) mass is 382 g/mol. The van der Waals surface area contributed by atoms with Gasteiger partial charge < -0.3 is 9.88 Å². The molecule has 0 spiro atoms. The molecule has 26 heavy (non-hydrogen) atoms. The molecule has 2 aromatic rings. The fourth-order valence-corrected chi connectivity index (χ4v) is 4.81. The van der Waals surface area contributed by atoms with Crippen molar-refractivity contribution in [3.8, 4) is 0 Å². The Morgan fingerprint density at radius 1 is 1.23 bits per heavy atom. The first-order valence-electron chi connectivity index (χ1n) is 7.98. The van der Waals surface area contributed by atoms with E-state index in [0.29, 0.717) is 12.1 Å². The van der Waals surface area contributed by atoms with E-state index >= 15 is 0 Å². The van der Waals surface area contributed by atoms with Crippen LogP contribution in [0.2, 0.25) is 0 Å². The largest absolute Gasteiger partial charge is 0.330 e. The first kappa shape index (κ1) is 18.5. The van der Waals surface area contributed by atoms with Crippen molar-refractivity contribution in [2.45, 2.75) is 10.9 Å². The van der Waals surface area contributed by atoms with Crippen molar-refractivity contribution < 1.29 is 12.8 Å². The topological polar surface area (TPSA) is 93.4 Å². The molecule has 1 aliphatic rings. The van der Waals surface area contributed by atoms with Crippen molar-refractivity contribution in [3.63, 3.8) is 0 Å². The number of nitrogens with one attached hydrogen (secondary N) is 1. The summed E-state index contributed by atoms with van der Waals surface area (Å²) in [4.78, 5) is 23.7. The molecule has 1 saturated heterocycles. The van der Waals surface area contributed by atoms with Gasteiger partial charge in [0.15, 0.2) is 4.90 Å². The zero-order valence-electron chi connectivity index (χ0n) is 14.3. The van der Waals surface area contributed by atoms with E-state index in [0.717, 1.165) is 15.3 Å². The van der Waals surface area contributed by atoms with Gasteiger partial charge in [0.1, 0.15) is 5.82 Å². The summed E-state index contributed by atoms with van der Waals surface area (Å²) in [6, 6.07) is 5.05. The third-order valence-corrected chi connectivity index (χ3v) is 6.32. The Balaban J connectivity index is 2.13. The Morgan fingerprint density at radius 2 is 1.96 bits per heavy atom. The van der Waals surface area contributed by atoms with Gasteiger partial charge in [-0.25, -0.2) is 17.6 Å². The highest BCUT2D eigenvalue weighted by molar-refractivity contribution is 7.89. The molecule has 1 aromatic carbocycles. The van der Waals surface area contributed by atoms with Gasteiger partial charge in [0.2, 0.25) is 0 Å². The van der Waals surface area contributed by atoms with Crippen LogP contribution in [-0.2, 0) is 24.1 Å². The number of aromatic nitrogens is 2. The molecular weight excluding hydrogens is 363 g/mol. The number of hydrogen-bond donors (Lipinski definition) is 1. The predicted molar refractivity (Wildman–Crippen MR) is 92.8 cm³/mol. The lowest BCUT2D eigenvalue weighted by Crippen LogP contribution is -2.50. The summed E-state index contributed by atoms with van der Waals surface area (Å²) in [7, 11) is -1.58. The van der Waals surface area contributed by atoms with Crippen LogP contribution in [0, 0.1) is 5.82 Å². The van der Waals surface area contributed by atoms with Crippen molar-refractivity contribution >= 4 is 10.0 Å². The summed E-state index contributed by atoms with van der Waals surface area (Å²) >= 11 is 0. The van der Waals surface area contributed by atoms with E-state index in [-0.39, 0.29) is 13.1 Å². The Labute approximate surface area is 149 Å². The summed E-state index contributed by atoms with van der Waals surface area (Å²) in [5.41, 5.74) is -1.01. The summed E-state index contributed by atoms with van der Waals surface area (Å²) < 4.78 is 42.9. The van der Waals surface area contributed by atoms with Crippen molar-refractivity contribution in [1.82, 2.24) is 18.8 Å². The predicted octanol–water partition coefficient (Wildman–Crippen LogP) is -0.442. The maximum absolute atomic E-state index is 13.6. The van der Waals surface area contributed by atoms with E-state index in [4.69, 9.17) is 0 Å². The van der Waals surface area contributed by atoms with E-state index in [1.54, 1.807) is 6.07 Å². The number of piperazine rings is 1. The van der Waals surface area contributed by atoms with Crippen LogP contribution < -0.4 is 16.6 Å². The van der Waals surface area contributed by atoms with Crippen molar-refractivity contribution in [3.05, 3.63) is 62.7 Å². The number of benzene rings is 1. The SMILES string of the molecule is Cn1cc(S(=O)(=O)N2CCNCC2c2cccc(F)c2)c(=O)n(C)c1=O. The number of rotatable bonds is 3. The molecule has 1 fully saturated rings. The van der Waals surface area contributed by atoms with Crippen LogP contribution in [0.1, 0.15) is 11.6 Å². The molecule has 1 unspecified atom stereocenters. The zero-order valence-corrected chi connectivity index (χ0v) is 15.2. The number of hydrogen-bond acceptors (Lipinski definition) is 5. The third kappa shape index (κ3) is 3.11. The highest BCUT2D eigenvalue weighted by Gasteiger charge is 2.36. The van der Waals surface area contributed by atoms with Gasteiger partial charge >= 0.3 is 5.69 Å². The molecule has 2 heterocycles. The van der Waals surface area contributed by atoms with E-state index in [9.17, 15) is 22.4 Å². The highest BCUT2D eigenvalue weighted by Crippen LogP contribution is 2.28. The number of nitrogens with zero attached hydrogens (tertiary/aromatic N) is 3. The molecule has 3 rings (SSSR count). The zero-order chi connectivity index (χ0) is 19.1. The third-order valence-electron chi connectivity index (χ3n) is 4.43. The van der Waals surface area contributed by atoms with Gasteiger partial charge in [-0.05, 0) is 17.7 Å². The van der Waals surface area contributed by atoms with Crippen LogP contribution in [0.25, 0.3) is 0 Å². The molecule has 1 aromatic heterocycles. The first-order chi connectivity index (χ1) is 12.2. The van der Waals surface area contributed by atoms with Gasteiger partial charge in [-0.3, -0.25) is 9.36 Å². The van der Waals surface area contributed by atoms with Crippen LogP contribution >= 0.6 is 0 Å². The number of halogens is 1. The standard InChI is InChI=1S/C16H19FN4O4S/c1-19-10-14(15(22)20(2)16(19)23)26(24,25)21-7-6-18-9-13(21)11-4-3-5-12(17)8-11/h3-5,8,10,13,18H,6-7,9H2,1-2H3. The molecule has 8 nitrogen and oxygen atoms in total. The van der Waals surface area contributed by atoms with Gasteiger partial charge in [0, 0.05) is 39.9 Å². The van der Waals surface area contributed by atoms with Gasteiger partial charge in [0.05, 0.1) is 6.04 Å². The van der Waals surface area contributed by atoms with E-state index in [1.165, 1.54) is 36.6 Å². The molecule has 10 heteroatoms. The molecule has 0 aliphatic carbocycles. The lowest BCUT2D eigenvalue weighted by molar-refractivity contribution is 0.270. The molecule has 0 saturated carbocycles.